The van der Waals surface area contributed by atoms with Crippen LogP contribution in [0, 0.1) is 18.5 Å². The van der Waals surface area contributed by atoms with Gasteiger partial charge in [0.05, 0.1) is 19.1 Å². The average Bonchev–Trinajstić information content (AvgIpc) is 2.43. The molecule has 0 radical (unpaired) electrons. The molecule has 1 aromatic heterocycles. The van der Waals surface area contributed by atoms with E-state index in [9.17, 15) is 0 Å². The first-order valence-electron chi connectivity index (χ1n) is 6.80. The molecule has 0 atom stereocenters. The molecule has 0 aliphatic carbocycles. The first kappa shape index (κ1) is 14.7. The number of H-pyrrole nitrogens is 1. The lowest BCUT2D eigenvalue weighted by Crippen LogP contribution is -1.99. The highest BCUT2D eigenvalue weighted by Crippen LogP contribution is 2.31. The molecule has 0 bridgehead atoms. The van der Waals surface area contributed by atoms with Gasteiger partial charge >= 0.3 is 0 Å². The van der Waals surface area contributed by atoms with Crippen LogP contribution in [-0.2, 0) is 6.42 Å². The summed E-state index contributed by atoms with van der Waals surface area (Å²) in [6.07, 6.45) is 3.66. The van der Waals surface area contributed by atoms with E-state index in [-0.39, 0.29) is 0 Å². The molecule has 20 heavy (non-hydrogen) atoms. The van der Waals surface area contributed by atoms with Gasteiger partial charge in [0, 0.05) is 11.1 Å². The summed E-state index contributed by atoms with van der Waals surface area (Å²) in [5.74, 6) is 0.913. The maximum absolute atomic E-state index is 5.38. The lowest BCUT2D eigenvalue weighted by atomic mass is 9.97. The topological polar surface area (TPSA) is 37.9 Å². The van der Waals surface area contributed by atoms with E-state index in [4.69, 9.17) is 17.0 Å². The summed E-state index contributed by atoms with van der Waals surface area (Å²) in [6, 6.07) is 4.21. The number of aromatic nitrogens is 2. The Morgan fingerprint density at radius 2 is 2.00 bits per heavy atom. The Hall–Kier alpha value is -1.68. The molecule has 0 unspecified atom stereocenters. The summed E-state index contributed by atoms with van der Waals surface area (Å²) < 4.78 is 6.06. The van der Waals surface area contributed by atoms with Crippen LogP contribution in [0.4, 0.5) is 0 Å². The van der Waals surface area contributed by atoms with Gasteiger partial charge in [-0.3, -0.25) is 0 Å². The number of hydrogen-bond acceptors (Lipinski definition) is 3. The van der Waals surface area contributed by atoms with Crippen molar-refractivity contribution in [3.8, 4) is 17.0 Å². The minimum absolute atomic E-state index is 0.688. The smallest absolute Gasteiger partial charge is 0.133 e. The number of hydrogen-bond donors (Lipinski definition) is 1. The minimum Gasteiger partial charge on any atom is -0.496 e. The molecule has 0 aliphatic rings. The second-order valence-corrected chi connectivity index (χ2v) is 5.33. The van der Waals surface area contributed by atoms with E-state index in [0.717, 1.165) is 35.4 Å². The third kappa shape index (κ3) is 2.75. The Balaban J connectivity index is 2.66. The number of ether oxygens (including phenoxy) is 1. The molecule has 0 saturated heterocycles. The Morgan fingerprint density at radius 1 is 1.25 bits per heavy atom. The van der Waals surface area contributed by atoms with Crippen LogP contribution in [0.5, 0.6) is 5.75 Å². The maximum Gasteiger partial charge on any atom is 0.133 e. The molecule has 0 fully saturated rings. The second kappa shape index (κ2) is 6.18. The molecular weight excluding hydrogens is 268 g/mol. The molecular formula is C16H20N2OS. The number of aryl methyl sites for hydroxylation is 2. The zero-order valence-corrected chi connectivity index (χ0v) is 13.2. The van der Waals surface area contributed by atoms with Crippen molar-refractivity contribution in [3.63, 3.8) is 0 Å². The molecule has 0 aliphatic heterocycles. The van der Waals surface area contributed by atoms with Crippen LogP contribution in [-0.4, -0.2) is 17.1 Å². The van der Waals surface area contributed by atoms with Crippen molar-refractivity contribution in [3.05, 3.63) is 39.8 Å². The molecule has 4 heteroatoms. The van der Waals surface area contributed by atoms with E-state index in [1.807, 2.05) is 0 Å². The highest BCUT2D eigenvalue weighted by atomic mass is 32.1. The molecule has 0 amide bonds. The Morgan fingerprint density at radius 3 is 2.65 bits per heavy atom. The lowest BCUT2D eigenvalue weighted by Gasteiger charge is -2.14. The van der Waals surface area contributed by atoms with E-state index in [2.05, 4.69) is 42.9 Å². The molecule has 2 aromatic rings. The van der Waals surface area contributed by atoms with Crippen molar-refractivity contribution >= 4 is 12.2 Å². The fraction of sp³-hybridized carbons (Fsp3) is 0.375. The first-order chi connectivity index (χ1) is 9.58. The highest BCUT2D eigenvalue weighted by Gasteiger charge is 2.12. The number of aromatic amines is 1. The predicted molar refractivity (Wildman–Crippen MR) is 84.9 cm³/mol. The Kier molecular flexibility index (Phi) is 4.55. The highest BCUT2D eigenvalue weighted by molar-refractivity contribution is 7.71. The van der Waals surface area contributed by atoms with Gasteiger partial charge in [-0.05, 0) is 43.5 Å². The number of methoxy groups -OCH3 is 1. The third-order valence-electron chi connectivity index (χ3n) is 3.46. The Bertz CT molecular complexity index is 677. The molecule has 1 N–H and O–H groups in total. The summed E-state index contributed by atoms with van der Waals surface area (Å²) in [7, 11) is 1.70. The molecule has 1 aromatic carbocycles. The standard InChI is InChI=1S/C16H20N2OS/c1-5-6-12-15(17-9-18-16(12)20)13-7-11(3)14(19-4)8-10(13)2/h7-9H,5-6H2,1-4H3,(H,17,18,20). The largest absolute Gasteiger partial charge is 0.496 e. The van der Waals surface area contributed by atoms with Gasteiger partial charge in [-0.15, -0.1) is 0 Å². The lowest BCUT2D eigenvalue weighted by molar-refractivity contribution is 0.411. The SMILES string of the molecule is CCCc1c(-c2cc(C)c(OC)cc2C)[nH]cnc1=S. The summed E-state index contributed by atoms with van der Waals surface area (Å²) >= 11 is 5.37. The van der Waals surface area contributed by atoms with Gasteiger partial charge in [0.25, 0.3) is 0 Å². The third-order valence-corrected chi connectivity index (χ3v) is 3.81. The normalized spacial score (nSPS) is 10.6. The molecule has 0 spiro atoms. The van der Waals surface area contributed by atoms with Gasteiger partial charge in [0.2, 0.25) is 0 Å². The maximum atomic E-state index is 5.38. The van der Waals surface area contributed by atoms with Crippen LogP contribution in [0.15, 0.2) is 18.5 Å². The van der Waals surface area contributed by atoms with Gasteiger partial charge < -0.3 is 9.72 Å². The number of benzene rings is 1. The van der Waals surface area contributed by atoms with Gasteiger partial charge in [-0.25, -0.2) is 4.98 Å². The van der Waals surface area contributed by atoms with Crippen molar-refractivity contribution in [2.75, 3.05) is 7.11 Å². The van der Waals surface area contributed by atoms with E-state index in [0.29, 0.717) is 4.64 Å². The number of nitrogens with one attached hydrogen (secondary N) is 1. The first-order valence-corrected chi connectivity index (χ1v) is 7.21. The van der Waals surface area contributed by atoms with Crippen molar-refractivity contribution in [1.82, 2.24) is 9.97 Å². The van der Waals surface area contributed by atoms with Crippen LogP contribution >= 0.6 is 12.2 Å². The van der Waals surface area contributed by atoms with Gasteiger partial charge in [-0.1, -0.05) is 25.6 Å². The van der Waals surface area contributed by atoms with E-state index in [1.54, 1.807) is 13.4 Å². The van der Waals surface area contributed by atoms with Crippen LogP contribution in [0.1, 0.15) is 30.0 Å². The molecule has 2 rings (SSSR count). The van der Waals surface area contributed by atoms with Gasteiger partial charge in [0.1, 0.15) is 10.4 Å². The van der Waals surface area contributed by atoms with Crippen LogP contribution in [0.2, 0.25) is 0 Å². The van der Waals surface area contributed by atoms with E-state index >= 15 is 0 Å². The second-order valence-electron chi connectivity index (χ2n) is 4.95. The predicted octanol–water partition coefficient (Wildman–Crippen LogP) is 4.38. The van der Waals surface area contributed by atoms with E-state index < -0.39 is 0 Å². The molecule has 3 nitrogen and oxygen atoms in total. The van der Waals surface area contributed by atoms with Crippen molar-refractivity contribution < 1.29 is 4.74 Å². The average molecular weight is 288 g/mol. The van der Waals surface area contributed by atoms with Gasteiger partial charge in [-0.2, -0.15) is 0 Å². The zero-order chi connectivity index (χ0) is 14.7. The van der Waals surface area contributed by atoms with Crippen LogP contribution in [0.3, 0.4) is 0 Å². The minimum atomic E-state index is 0.688. The Labute approximate surface area is 125 Å². The summed E-state index contributed by atoms with van der Waals surface area (Å²) in [5, 5.41) is 0. The number of nitrogens with zero attached hydrogens (tertiary/aromatic N) is 1. The van der Waals surface area contributed by atoms with Crippen molar-refractivity contribution in [2.24, 2.45) is 0 Å². The van der Waals surface area contributed by atoms with E-state index in [1.165, 1.54) is 11.1 Å². The number of rotatable bonds is 4. The van der Waals surface area contributed by atoms with Crippen molar-refractivity contribution in [1.29, 1.82) is 0 Å². The summed E-state index contributed by atoms with van der Waals surface area (Å²) in [5.41, 5.74) is 5.65. The summed E-state index contributed by atoms with van der Waals surface area (Å²) in [4.78, 5) is 7.47. The molecule has 106 valence electrons. The summed E-state index contributed by atoms with van der Waals surface area (Å²) in [6.45, 7) is 6.29. The van der Waals surface area contributed by atoms with Gasteiger partial charge in [0.15, 0.2) is 0 Å². The quantitative estimate of drug-likeness (QED) is 0.848. The van der Waals surface area contributed by atoms with Crippen molar-refractivity contribution in [2.45, 2.75) is 33.6 Å². The van der Waals surface area contributed by atoms with Crippen LogP contribution < -0.4 is 4.74 Å². The fourth-order valence-corrected chi connectivity index (χ4v) is 2.69. The molecule has 1 heterocycles. The van der Waals surface area contributed by atoms with Crippen LogP contribution in [0.25, 0.3) is 11.3 Å². The fourth-order valence-electron chi connectivity index (χ4n) is 2.43. The monoisotopic (exact) mass is 288 g/mol. The zero-order valence-electron chi connectivity index (χ0n) is 12.4. The molecule has 0 saturated carbocycles.